The quantitative estimate of drug-likeness (QED) is 0.338. The number of hydrogen-bond acceptors (Lipinski definition) is 4. The molecule has 0 saturated carbocycles. The third kappa shape index (κ3) is 5.13. The molecule has 0 atom stereocenters. The first-order valence-corrected chi connectivity index (χ1v) is 9.60. The van der Waals surface area contributed by atoms with E-state index in [1.165, 1.54) is 17.7 Å². The van der Waals surface area contributed by atoms with Crippen molar-refractivity contribution in [3.8, 4) is 10.6 Å². The van der Waals surface area contributed by atoms with Gasteiger partial charge in [0.1, 0.15) is 15.0 Å². The van der Waals surface area contributed by atoms with Gasteiger partial charge in [0.25, 0.3) is 5.91 Å². The molecule has 5 nitrogen and oxygen atoms in total. The van der Waals surface area contributed by atoms with E-state index < -0.39 is 0 Å². The molecule has 0 radical (unpaired) electrons. The fraction of sp³-hybridized carbons (Fsp3) is 0.158. The molecule has 0 unspecified atom stereocenters. The van der Waals surface area contributed by atoms with Crippen LogP contribution >= 0.6 is 34.5 Å². The Labute approximate surface area is 171 Å². The van der Waals surface area contributed by atoms with Crippen LogP contribution in [0.2, 0.25) is 10.2 Å². The van der Waals surface area contributed by atoms with Crippen LogP contribution in [0.5, 0.6) is 0 Å². The minimum atomic E-state index is -0.323. The van der Waals surface area contributed by atoms with Gasteiger partial charge in [0.2, 0.25) is 0 Å². The number of nitrogens with zero attached hydrogens (tertiary/aromatic N) is 4. The first-order chi connectivity index (χ1) is 12.9. The lowest BCUT2D eigenvalue weighted by Gasteiger charge is -2.03. The van der Waals surface area contributed by atoms with Crippen molar-refractivity contribution in [2.24, 2.45) is 4.99 Å². The molecule has 2 heterocycles. The van der Waals surface area contributed by atoms with Crippen LogP contribution in [0.3, 0.4) is 0 Å². The first kappa shape index (κ1) is 19.5. The molecule has 3 rings (SSSR count). The third-order valence-electron chi connectivity index (χ3n) is 3.56. The van der Waals surface area contributed by atoms with Crippen molar-refractivity contribution in [2.45, 2.75) is 6.42 Å². The van der Waals surface area contributed by atoms with Crippen molar-refractivity contribution in [1.82, 2.24) is 14.9 Å². The summed E-state index contributed by atoms with van der Waals surface area (Å²) in [7, 11) is 3.62. The number of aromatic nitrogens is 2. The standard InChI is InChI=1S/C19H16Cl2N4OS/c1-25(2)11-23-18(26)17-15(9-12-3-5-14(20)6-4-12)24-19(27-17)13-7-8-22-16(21)10-13/h3-8,10-11H,9H2,1-2H3. The summed E-state index contributed by atoms with van der Waals surface area (Å²) in [6.45, 7) is 0. The van der Waals surface area contributed by atoms with Gasteiger partial charge in [0.15, 0.2) is 0 Å². The van der Waals surface area contributed by atoms with Crippen LogP contribution in [0.25, 0.3) is 10.6 Å². The van der Waals surface area contributed by atoms with E-state index in [-0.39, 0.29) is 5.91 Å². The lowest BCUT2D eigenvalue weighted by Crippen LogP contribution is -2.10. The second-order valence-electron chi connectivity index (χ2n) is 5.98. The summed E-state index contributed by atoms with van der Waals surface area (Å²) in [5.74, 6) is -0.323. The van der Waals surface area contributed by atoms with Crippen LogP contribution in [0, 0.1) is 0 Å². The summed E-state index contributed by atoms with van der Waals surface area (Å²) in [5, 5.41) is 1.74. The van der Waals surface area contributed by atoms with Crippen LogP contribution < -0.4 is 0 Å². The van der Waals surface area contributed by atoms with Crippen molar-refractivity contribution in [2.75, 3.05) is 14.1 Å². The molecule has 1 aromatic carbocycles. The Hall–Kier alpha value is -2.28. The van der Waals surface area contributed by atoms with Gasteiger partial charge >= 0.3 is 0 Å². The molecule has 0 spiro atoms. The second-order valence-corrected chi connectivity index (χ2v) is 7.80. The van der Waals surface area contributed by atoms with Crippen molar-refractivity contribution in [3.05, 3.63) is 68.9 Å². The van der Waals surface area contributed by atoms with Crippen molar-refractivity contribution in [1.29, 1.82) is 0 Å². The lowest BCUT2D eigenvalue weighted by molar-refractivity contribution is 0.100. The molecule has 0 bridgehead atoms. The molecular formula is C19H16Cl2N4OS. The van der Waals surface area contributed by atoms with E-state index in [9.17, 15) is 4.79 Å². The van der Waals surface area contributed by atoms with E-state index in [1.54, 1.807) is 17.2 Å². The summed E-state index contributed by atoms with van der Waals surface area (Å²) in [4.78, 5) is 27.5. The highest BCUT2D eigenvalue weighted by Gasteiger charge is 2.19. The number of amides is 1. The lowest BCUT2D eigenvalue weighted by atomic mass is 10.1. The minimum absolute atomic E-state index is 0.323. The van der Waals surface area contributed by atoms with Gasteiger partial charge in [-0.15, -0.1) is 11.3 Å². The maximum Gasteiger partial charge on any atom is 0.290 e. The molecule has 0 aliphatic rings. The van der Waals surface area contributed by atoms with Gasteiger partial charge in [0.05, 0.1) is 12.0 Å². The van der Waals surface area contributed by atoms with E-state index in [4.69, 9.17) is 23.2 Å². The zero-order chi connectivity index (χ0) is 19.4. The SMILES string of the molecule is CN(C)C=NC(=O)c1sc(-c2ccnc(Cl)c2)nc1Cc1ccc(Cl)cc1. The molecule has 0 aliphatic heterocycles. The Morgan fingerprint density at radius 1 is 1.22 bits per heavy atom. The summed E-state index contributed by atoms with van der Waals surface area (Å²) in [5.41, 5.74) is 2.49. The Bertz CT molecular complexity index is 984. The van der Waals surface area contributed by atoms with Crippen LogP contribution in [0.1, 0.15) is 20.9 Å². The largest absolute Gasteiger partial charge is 0.369 e. The maximum absolute atomic E-state index is 12.6. The zero-order valence-corrected chi connectivity index (χ0v) is 17.0. The average Bonchev–Trinajstić information content (AvgIpc) is 3.05. The first-order valence-electron chi connectivity index (χ1n) is 8.03. The number of benzene rings is 1. The fourth-order valence-electron chi connectivity index (χ4n) is 2.32. The number of pyridine rings is 1. The Balaban J connectivity index is 2.00. The van der Waals surface area contributed by atoms with Gasteiger partial charge in [-0.05, 0) is 29.8 Å². The fourth-order valence-corrected chi connectivity index (χ4v) is 3.59. The van der Waals surface area contributed by atoms with Crippen molar-refractivity contribution >= 4 is 46.8 Å². The molecule has 1 amide bonds. The summed E-state index contributed by atoms with van der Waals surface area (Å²) >= 11 is 13.2. The highest BCUT2D eigenvalue weighted by Crippen LogP contribution is 2.31. The topological polar surface area (TPSA) is 58.5 Å². The number of thiazole rings is 1. The van der Waals surface area contributed by atoms with E-state index in [1.807, 2.05) is 44.4 Å². The minimum Gasteiger partial charge on any atom is -0.369 e. The highest BCUT2D eigenvalue weighted by atomic mass is 35.5. The third-order valence-corrected chi connectivity index (χ3v) is 5.15. The Morgan fingerprint density at radius 2 is 1.96 bits per heavy atom. The number of hydrogen-bond donors (Lipinski definition) is 0. The van der Waals surface area contributed by atoms with Crippen LogP contribution in [-0.4, -0.2) is 41.2 Å². The molecule has 27 heavy (non-hydrogen) atoms. The van der Waals surface area contributed by atoms with E-state index >= 15 is 0 Å². The predicted molar refractivity (Wildman–Crippen MR) is 111 cm³/mol. The monoisotopic (exact) mass is 418 g/mol. The molecular weight excluding hydrogens is 403 g/mol. The summed E-state index contributed by atoms with van der Waals surface area (Å²) in [6, 6.07) is 11.0. The second kappa shape index (κ2) is 8.61. The molecule has 138 valence electrons. The van der Waals surface area contributed by atoms with Gasteiger partial charge in [-0.25, -0.2) is 9.97 Å². The van der Waals surface area contributed by atoms with Crippen molar-refractivity contribution < 1.29 is 4.79 Å². The average molecular weight is 419 g/mol. The van der Waals surface area contributed by atoms with Gasteiger partial charge < -0.3 is 4.90 Å². The Morgan fingerprint density at radius 3 is 2.63 bits per heavy atom. The maximum atomic E-state index is 12.6. The van der Waals surface area contributed by atoms with Crippen LogP contribution in [0.4, 0.5) is 0 Å². The highest BCUT2D eigenvalue weighted by molar-refractivity contribution is 7.17. The molecule has 2 aromatic heterocycles. The molecule has 0 saturated heterocycles. The van der Waals surface area contributed by atoms with Gasteiger partial charge in [-0.2, -0.15) is 4.99 Å². The predicted octanol–water partition coefficient (Wildman–Crippen LogP) is 4.83. The molecule has 8 heteroatoms. The molecule has 0 aliphatic carbocycles. The molecule has 0 N–H and O–H groups in total. The molecule has 0 fully saturated rings. The van der Waals surface area contributed by atoms with Crippen LogP contribution in [-0.2, 0) is 6.42 Å². The van der Waals surface area contributed by atoms with E-state index in [0.717, 1.165) is 11.1 Å². The van der Waals surface area contributed by atoms with E-state index in [2.05, 4.69) is 15.0 Å². The number of halogens is 2. The van der Waals surface area contributed by atoms with Crippen molar-refractivity contribution in [3.63, 3.8) is 0 Å². The smallest absolute Gasteiger partial charge is 0.290 e. The summed E-state index contributed by atoms with van der Waals surface area (Å²) in [6.07, 6.45) is 3.60. The number of aliphatic imine (C=N–C) groups is 1. The van der Waals surface area contributed by atoms with Gasteiger partial charge in [0, 0.05) is 37.3 Å². The number of rotatable bonds is 5. The summed E-state index contributed by atoms with van der Waals surface area (Å²) < 4.78 is 0. The molecule has 3 aromatic rings. The van der Waals surface area contributed by atoms with Crippen LogP contribution in [0.15, 0.2) is 47.6 Å². The van der Waals surface area contributed by atoms with Gasteiger partial charge in [-0.1, -0.05) is 35.3 Å². The normalized spacial score (nSPS) is 11.1. The van der Waals surface area contributed by atoms with E-state index in [0.29, 0.717) is 32.2 Å². The van der Waals surface area contributed by atoms with Gasteiger partial charge in [-0.3, -0.25) is 4.79 Å². The zero-order valence-electron chi connectivity index (χ0n) is 14.7. The number of carbonyl (C=O) groups excluding carboxylic acids is 1. The Kier molecular flexibility index (Phi) is 6.21. The number of carbonyl (C=O) groups is 1.